The van der Waals surface area contributed by atoms with Gasteiger partial charge in [0.05, 0.1) is 0 Å². The molecule has 1 rings (SSSR count). The van der Waals surface area contributed by atoms with Gasteiger partial charge >= 0.3 is 11.9 Å². The van der Waals surface area contributed by atoms with Gasteiger partial charge in [0, 0.05) is 18.8 Å². The number of hydrogen-bond acceptors (Lipinski definition) is 5. The fourth-order valence-electron chi connectivity index (χ4n) is 0.912. The Kier molecular flexibility index (Phi) is 3.29. The third-order valence-corrected chi connectivity index (χ3v) is 1.67. The molecule has 7 nitrogen and oxygen atoms in total. The largest absolute Gasteiger partial charge is 0.480 e. The number of aliphatic carboxylic acids is 1. The summed E-state index contributed by atoms with van der Waals surface area (Å²) in [7, 11) is 0. The van der Waals surface area contributed by atoms with Gasteiger partial charge in [0.25, 0.3) is 0 Å². The molecule has 0 amide bonds. The molecule has 0 spiro atoms. The lowest BCUT2D eigenvalue weighted by molar-refractivity contribution is -0.138. The van der Waals surface area contributed by atoms with Gasteiger partial charge in [-0.2, -0.15) is 0 Å². The van der Waals surface area contributed by atoms with Gasteiger partial charge < -0.3 is 15.9 Å². The quantitative estimate of drug-likeness (QED) is 0.590. The molecule has 0 radical (unpaired) electrons. The van der Waals surface area contributed by atoms with Crippen LogP contribution in [0.5, 0.6) is 0 Å². The van der Waals surface area contributed by atoms with Gasteiger partial charge in [0.2, 0.25) is 5.82 Å². The van der Waals surface area contributed by atoms with Crippen LogP contribution in [0, 0.1) is 0 Å². The van der Waals surface area contributed by atoms with Crippen LogP contribution in [0.4, 0.5) is 0 Å². The minimum atomic E-state index is -1.23. The Labute approximate surface area is 84.6 Å². The predicted octanol–water partition coefficient (Wildman–Crippen LogP) is -0.871. The zero-order valence-corrected chi connectivity index (χ0v) is 7.62. The van der Waals surface area contributed by atoms with E-state index in [1.165, 1.54) is 12.4 Å². The summed E-state index contributed by atoms with van der Waals surface area (Å²) in [5.74, 6) is -2.69. The Morgan fingerprint density at radius 2 is 1.87 bits per heavy atom. The minimum Gasteiger partial charge on any atom is -0.480 e. The lowest BCUT2D eigenvalue weighted by Gasteiger charge is -2.04. The van der Waals surface area contributed by atoms with E-state index >= 15 is 0 Å². The fourth-order valence-corrected chi connectivity index (χ4v) is 0.912. The molecular weight excluding hydrogens is 202 g/mol. The molecule has 0 bridgehead atoms. The van der Waals surface area contributed by atoms with Gasteiger partial charge in [0.15, 0.2) is 0 Å². The summed E-state index contributed by atoms with van der Waals surface area (Å²) in [5.41, 5.74) is 5.76. The van der Waals surface area contributed by atoms with Gasteiger partial charge in [-0.25, -0.2) is 14.8 Å². The molecule has 1 aromatic heterocycles. The van der Waals surface area contributed by atoms with E-state index in [1.54, 1.807) is 0 Å². The second-order valence-corrected chi connectivity index (χ2v) is 2.87. The average Bonchev–Trinajstić information content (AvgIpc) is 2.18. The summed E-state index contributed by atoms with van der Waals surface area (Å²) in [5, 5.41) is 17.0. The molecule has 80 valence electrons. The molecule has 4 N–H and O–H groups in total. The summed E-state index contributed by atoms with van der Waals surface area (Å²) in [4.78, 5) is 27.9. The van der Waals surface area contributed by atoms with Gasteiger partial charge in [-0.05, 0) is 5.56 Å². The minimum absolute atomic E-state index is 0.0647. The highest BCUT2D eigenvalue weighted by Crippen LogP contribution is 2.00. The Hall–Kier alpha value is -2.02. The molecule has 0 aliphatic rings. The van der Waals surface area contributed by atoms with E-state index in [2.05, 4.69) is 9.97 Å². The smallest absolute Gasteiger partial charge is 0.373 e. The molecule has 1 heterocycles. The highest BCUT2D eigenvalue weighted by molar-refractivity contribution is 5.82. The van der Waals surface area contributed by atoms with Gasteiger partial charge in [-0.15, -0.1) is 0 Å². The van der Waals surface area contributed by atoms with E-state index in [0.717, 1.165) is 0 Å². The van der Waals surface area contributed by atoms with Crippen LogP contribution in [0.3, 0.4) is 0 Å². The van der Waals surface area contributed by atoms with Crippen molar-refractivity contribution >= 4 is 11.9 Å². The highest BCUT2D eigenvalue weighted by Gasteiger charge is 2.13. The molecule has 0 aromatic carbocycles. The van der Waals surface area contributed by atoms with E-state index in [9.17, 15) is 9.59 Å². The van der Waals surface area contributed by atoms with Crippen molar-refractivity contribution < 1.29 is 19.8 Å². The van der Waals surface area contributed by atoms with E-state index < -0.39 is 18.0 Å². The Morgan fingerprint density at radius 3 is 2.27 bits per heavy atom. The monoisotopic (exact) mass is 211 g/mol. The van der Waals surface area contributed by atoms with Crippen LogP contribution in [-0.2, 0) is 11.2 Å². The topological polar surface area (TPSA) is 126 Å². The number of nitrogens with zero attached hydrogens (tertiary/aromatic N) is 2. The van der Waals surface area contributed by atoms with E-state index in [-0.39, 0.29) is 12.2 Å². The molecule has 0 unspecified atom stereocenters. The summed E-state index contributed by atoms with van der Waals surface area (Å²) >= 11 is 0. The van der Waals surface area contributed by atoms with E-state index in [4.69, 9.17) is 15.9 Å². The van der Waals surface area contributed by atoms with Crippen molar-refractivity contribution in [3.8, 4) is 0 Å². The number of carboxylic acids is 2. The first-order valence-corrected chi connectivity index (χ1v) is 4.03. The molecule has 0 aliphatic carbocycles. The van der Waals surface area contributed by atoms with Crippen LogP contribution in [0.1, 0.15) is 16.2 Å². The standard InChI is InChI=1S/C8H9N3O4/c9-5(7(12)13)1-4-2-10-6(8(14)15)11-3-4/h2-3,5H,1,9H2,(H,12,13)(H,14,15)/t5-/m0/s1. The summed E-state index contributed by atoms with van der Waals surface area (Å²) in [6.07, 6.45) is 2.56. The molecule has 15 heavy (non-hydrogen) atoms. The number of rotatable bonds is 4. The van der Waals surface area contributed by atoms with Crippen molar-refractivity contribution in [2.45, 2.75) is 12.5 Å². The highest BCUT2D eigenvalue weighted by atomic mass is 16.4. The second-order valence-electron chi connectivity index (χ2n) is 2.87. The van der Waals surface area contributed by atoms with Crippen LogP contribution < -0.4 is 5.73 Å². The Balaban J connectivity index is 2.72. The maximum Gasteiger partial charge on any atom is 0.373 e. The number of aromatic carboxylic acids is 1. The Bertz CT molecular complexity index is 376. The first-order valence-electron chi connectivity index (χ1n) is 4.03. The normalized spacial score (nSPS) is 12.1. The molecular formula is C8H9N3O4. The van der Waals surface area contributed by atoms with Crippen LogP contribution in [0.15, 0.2) is 12.4 Å². The number of nitrogens with two attached hydrogens (primary N) is 1. The molecule has 1 atom stereocenters. The first kappa shape index (κ1) is 11.1. The number of aromatic nitrogens is 2. The van der Waals surface area contributed by atoms with Crippen LogP contribution in [-0.4, -0.2) is 38.2 Å². The molecule has 0 fully saturated rings. The maximum atomic E-state index is 10.4. The third-order valence-electron chi connectivity index (χ3n) is 1.67. The molecule has 1 aromatic rings. The fraction of sp³-hybridized carbons (Fsp3) is 0.250. The lowest BCUT2D eigenvalue weighted by atomic mass is 10.1. The van der Waals surface area contributed by atoms with Crippen LogP contribution in [0.25, 0.3) is 0 Å². The van der Waals surface area contributed by atoms with Crippen LogP contribution in [0.2, 0.25) is 0 Å². The van der Waals surface area contributed by atoms with Crippen molar-refractivity contribution in [3.63, 3.8) is 0 Å². The number of carboxylic acid groups (broad SMARTS) is 2. The van der Waals surface area contributed by atoms with E-state index in [0.29, 0.717) is 5.56 Å². The van der Waals surface area contributed by atoms with Gasteiger partial charge in [-0.1, -0.05) is 0 Å². The second kappa shape index (κ2) is 4.47. The number of hydrogen-bond donors (Lipinski definition) is 3. The SMILES string of the molecule is N[C@@H](Cc1cnc(C(=O)O)nc1)C(=O)O. The van der Waals surface area contributed by atoms with Crippen molar-refractivity contribution in [2.24, 2.45) is 5.73 Å². The summed E-state index contributed by atoms with van der Waals surface area (Å²) < 4.78 is 0. The third kappa shape index (κ3) is 2.99. The zero-order chi connectivity index (χ0) is 11.4. The number of carbonyl (C=O) groups is 2. The lowest BCUT2D eigenvalue weighted by Crippen LogP contribution is -2.32. The Morgan fingerprint density at radius 1 is 1.33 bits per heavy atom. The van der Waals surface area contributed by atoms with Crippen molar-refractivity contribution in [2.75, 3.05) is 0 Å². The summed E-state index contributed by atoms with van der Waals surface area (Å²) in [6.45, 7) is 0. The van der Waals surface area contributed by atoms with Crippen molar-refractivity contribution in [3.05, 3.63) is 23.8 Å². The molecule has 7 heteroatoms. The first-order chi connectivity index (χ1) is 7.00. The van der Waals surface area contributed by atoms with Crippen LogP contribution >= 0.6 is 0 Å². The van der Waals surface area contributed by atoms with Gasteiger partial charge in [0.1, 0.15) is 6.04 Å². The summed E-state index contributed by atoms with van der Waals surface area (Å²) in [6, 6.07) is -1.04. The molecule has 0 saturated carbocycles. The molecule has 0 aliphatic heterocycles. The maximum absolute atomic E-state index is 10.4. The zero-order valence-electron chi connectivity index (χ0n) is 7.62. The predicted molar refractivity (Wildman–Crippen MR) is 48.3 cm³/mol. The van der Waals surface area contributed by atoms with Crippen molar-refractivity contribution in [1.29, 1.82) is 0 Å². The molecule has 0 saturated heterocycles. The van der Waals surface area contributed by atoms with E-state index in [1.807, 2.05) is 0 Å². The average molecular weight is 211 g/mol. The van der Waals surface area contributed by atoms with Gasteiger partial charge in [-0.3, -0.25) is 4.79 Å². The van der Waals surface area contributed by atoms with Crippen molar-refractivity contribution in [1.82, 2.24) is 9.97 Å².